The lowest BCUT2D eigenvalue weighted by Crippen LogP contribution is -2.30. The van der Waals surface area contributed by atoms with Crippen LogP contribution in [0.1, 0.15) is 31.4 Å². The van der Waals surface area contributed by atoms with Crippen molar-refractivity contribution >= 4 is 11.3 Å². The zero-order valence-corrected chi connectivity index (χ0v) is 10.9. The molecular formula is C12H21N3OS. The van der Waals surface area contributed by atoms with Gasteiger partial charge in [-0.25, -0.2) is 0 Å². The summed E-state index contributed by atoms with van der Waals surface area (Å²) < 4.78 is 0. The van der Waals surface area contributed by atoms with Crippen molar-refractivity contribution in [2.45, 2.75) is 32.2 Å². The maximum atomic E-state index is 10.9. The van der Waals surface area contributed by atoms with Crippen molar-refractivity contribution in [1.82, 2.24) is 15.6 Å². The van der Waals surface area contributed by atoms with E-state index in [1.54, 1.807) is 0 Å². The molecule has 1 aliphatic heterocycles. The van der Waals surface area contributed by atoms with Crippen LogP contribution in [0.4, 0.5) is 0 Å². The summed E-state index contributed by atoms with van der Waals surface area (Å²) in [7, 11) is 0. The lowest BCUT2D eigenvalue weighted by molar-refractivity contribution is 0.348. The Kier molecular flexibility index (Phi) is 5.22. The highest BCUT2D eigenvalue weighted by Gasteiger charge is 2.11. The van der Waals surface area contributed by atoms with Gasteiger partial charge in [0.1, 0.15) is 0 Å². The van der Waals surface area contributed by atoms with Crippen LogP contribution in [0.25, 0.3) is 0 Å². The van der Waals surface area contributed by atoms with Gasteiger partial charge in [-0.05, 0) is 51.2 Å². The second-order valence-electron chi connectivity index (χ2n) is 4.70. The fraction of sp³-hybridized carbons (Fsp3) is 0.750. The molecule has 2 heterocycles. The van der Waals surface area contributed by atoms with Crippen LogP contribution in [0, 0.1) is 5.92 Å². The molecule has 0 aromatic carbocycles. The summed E-state index contributed by atoms with van der Waals surface area (Å²) in [6.07, 6.45) is 5.24. The van der Waals surface area contributed by atoms with Gasteiger partial charge in [-0.1, -0.05) is 11.3 Å². The molecule has 3 N–H and O–H groups in total. The molecule has 5 heteroatoms. The van der Waals surface area contributed by atoms with Crippen molar-refractivity contribution in [1.29, 1.82) is 0 Å². The highest BCUT2D eigenvalue weighted by Crippen LogP contribution is 2.15. The van der Waals surface area contributed by atoms with E-state index in [1.165, 1.54) is 50.1 Å². The lowest BCUT2D eigenvalue weighted by Gasteiger charge is -2.22. The predicted octanol–water partition coefficient (Wildman–Crippen LogP) is 1.31. The second-order valence-corrected chi connectivity index (χ2v) is 5.55. The van der Waals surface area contributed by atoms with Crippen LogP contribution < -0.4 is 15.5 Å². The van der Waals surface area contributed by atoms with Gasteiger partial charge in [0.05, 0.1) is 0 Å². The van der Waals surface area contributed by atoms with Crippen molar-refractivity contribution < 1.29 is 0 Å². The van der Waals surface area contributed by atoms with E-state index < -0.39 is 0 Å². The molecule has 4 nitrogen and oxygen atoms in total. The van der Waals surface area contributed by atoms with Gasteiger partial charge < -0.3 is 15.6 Å². The Labute approximate surface area is 106 Å². The van der Waals surface area contributed by atoms with Crippen molar-refractivity contribution in [3.05, 3.63) is 20.7 Å². The van der Waals surface area contributed by atoms with Crippen LogP contribution >= 0.6 is 11.3 Å². The molecule has 0 bridgehead atoms. The standard InChI is InChI=1S/C12H21N3OS/c16-12-15-11(9-17-12)8-14-6-2-4-10-3-1-5-13-7-10/h9-10,13-14H,1-8H2,(H,15,16). The number of hydrogen-bond acceptors (Lipinski definition) is 4. The third-order valence-corrected chi connectivity index (χ3v) is 3.97. The van der Waals surface area contributed by atoms with E-state index in [2.05, 4.69) is 15.6 Å². The van der Waals surface area contributed by atoms with Crippen LogP contribution in [-0.4, -0.2) is 24.6 Å². The van der Waals surface area contributed by atoms with Gasteiger partial charge in [0.2, 0.25) is 0 Å². The van der Waals surface area contributed by atoms with E-state index in [-0.39, 0.29) is 4.87 Å². The number of rotatable bonds is 6. The normalized spacial score (nSPS) is 20.6. The molecule has 0 radical (unpaired) electrons. The Morgan fingerprint density at radius 3 is 3.18 bits per heavy atom. The summed E-state index contributed by atoms with van der Waals surface area (Å²) in [5.74, 6) is 0.867. The molecule has 1 aromatic rings. The molecule has 1 aromatic heterocycles. The number of hydrogen-bond donors (Lipinski definition) is 3. The van der Waals surface area contributed by atoms with E-state index in [1.807, 2.05) is 5.38 Å². The van der Waals surface area contributed by atoms with Crippen molar-refractivity contribution in [2.75, 3.05) is 19.6 Å². The number of H-pyrrole nitrogens is 1. The summed E-state index contributed by atoms with van der Waals surface area (Å²) in [6, 6.07) is 0. The molecule has 0 aliphatic carbocycles. The first kappa shape index (κ1) is 12.8. The van der Waals surface area contributed by atoms with Crippen molar-refractivity contribution in [3.8, 4) is 0 Å². The first-order valence-electron chi connectivity index (χ1n) is 6.43. The summed E-state index contributed by atoms with van der Waals surface area (Å²) in [5, 5.41) is 8.71. The third kappa shape index (κ3) is 4.61. The summed E-state index contributed by atoms with van der Waals surface area (Å²) >= 11 is 1.23. The van der Waals surface area contributed by atoms with Gasteiger partial charge in [0, 0.05) is 17.6 Å². The monoisotopic (exact) mass is 255 g/mol. The van der Waals surface area contributed by atoms with Crippen LogP contribution in [0.2, 0.25) is 0 Å². The average Bonchev–Trinajstić information content (AvgIpc) is 2.76. The van der Waals surface area contributed by atoms with E-state index in [0.717, 1.165) is 24.7 Å². The molecular weight excluding hydrogens is 234 g/mol. The van der Waals surface area contributed by atoms with Crippen LogP contribution in [0.5, 0.6) is 0 Å². The number of aromatic amines is 1. The number of piperidine rings is 1. The second kappa shape index (κ2) is 6.93. The fourth-order valence-corrected chi connectivity index (χ4v) is 2.89. The molecule has 1 atom stereocenters. The average molecular weight is 255 g/mol. The maximum absolute atomic E-state index is 10.9. The van der Waals surface area contributed by atoms with Gasteiger partial charge in [-0.3, -0.25) is 4.79 Å². The number of aromatic nitrogens is 1. The van der Waals surface area contributed by atoms with Gasteiger partial charge in [-0.2, -0.15) is 0 Å². The van der Waals surface area contributed by atoms with Crippen LogP contribution in [0.15, 0.2) is 10.2 Å². The molecule has 1 fully saturated rings. The summed E-state index contributed by atoms with van der Waals surface area (Å²) in [4.78, 5) is 13.8. The van der Waals surface area contributed by atoms with E-state index >= 15 is 0 Å². The molecule has 1 aliphatic rings. The molecule has 2 rings (SSSR count). The minimum absolute atomic E-state index is 0.0371. The van der Waals surface area contributed by atoms with E-state index in [9.17, 15) is 4.79 Å². The quantitative estimate of drug-likeness (QED) is 0.672. The SMILES string of the molecule is O=c1[nH]c(CNCCCC2CCCNC2)cs1. The topological polar surface area (TPSA) is 56.9 Å². The Morgan fingerprint density at radius 1 is 1.53 bits per heavy atom. The van der Waals surface area contributed by atoms with E-state index in [0.29, 0.717) is 0 Å². The van der Waals surface area contributed by atoms with Crippen molar-refractivity contribution in [3.63, 3.8) is 0 Å². The number of nitrogens with one attached hydrogen (secondary N) is 3. The van der Waals surface area contributed by atoms with Gasteiger partial charge in [0.25, 0.3) is 0 Å². The zero-order chi connectivity index (χ0) is 11.9. The van der Waals surface area contributed by atoms with E-state index in [4.69, 9.17) is 0 Å². The largest absolute Gasteiger partial charge is 0.316 e. The smallest absolute Gasteiger partial charge is 0.304 e. The Hall–Kier alpha value is -0.650. The molecule has 1 unspecified atom stereocenters. The highest BCUT2D eigenvalue weighted by atomic mass is 32.1. The van der Waals surface area contributed by atoms with Crippen LogP contribution in [-0.2, 0) is 6.54 Å². The van der Waals surface area contributed by atoms with Gasteiger partial charge in [-0.15, -0.1) is 0 Å². The van der Waals surface area contributed by atoms with Gasteiger partial charge in [0.15, 0.2) is 0 Å². The maximum Gasteiger partial charge on any atom is 0.304 e. The minimum atomic E-state index is 0.0371. The Balaban J connectivity index is 1.52. The molecule has 96 valence electrons. The predicted molar refractivity (Wildman–Crippen MR) is 71.5 cm³/mol. The molecule has 0 spiro atoms. The summed E-state index contributed by atoms with van der Waals surface area (Å²) in [6.45, 7) is 4.20. The van der Waals surface area contributed by atoms with Crippen LogP contribution in [0.3, 0.4) is 0 Å². The lowest BCUT2D eigenvalue weighted by atomic mass is 9.95. The summed E-state index contributed by atoms with van der Waals surface area (Å²) in [5.41, 5.74) is 0.999. The third-order valence-electron chi connectivity index (χ3n) is 3.25. The number of thiazole rings is 1. The van der Waals surface area contributed by atoms with Crippen molar-refractivity contribution in [2.24, 2.45) is 5.92 Å². The molecule has 0 amide bonds. The zero-order valence-electron chi connectivity index (χ0n) is 10.1. The Bertz CT molecular complexity index is 368. The Morgan fingerprint density at radius 2 is 2.47 bits per heavy atom. The molecule has 17 heavy (non-hydrogen) atoms. The first-order chi connectivity index (χ1) is 8.34. The first-order valence-corrected chi connectivity index (χ1v) is 7.30. The fourth-order valence-electron chi connectivity index (χ4n) is 2.31. The minimum Gasteiger partial charge on any atom is -0.316 e. The molecule has 1 saturated heterocycles. The highest BCUT2D eigenvalue weighted by molar-refractivity contribution is 7.07. The van der Waals surface area contributed by atoms with Gasteiger partial charge >= 0.3 is 4.87 Å². The molecule has 0 saturated carbocycles.